The van der Waals surface area contributed by atoms with Crippen molar-refractivity contribution >= 4 is 69.5 Å². The van der Waals surface area contributed by atoms with Gasteiger partial charge >= 0.3 is 23.9 Å². The molecule has 20 heteroatoms. The van der Waals surface area contributed by atoms with Gasteiger partial charge in [-0.3, -0.25) is 39.4 Å². The Morgan fingerprint density at radius 1 is 0.420 bits per heavy atom. The van der Waals surface area contributed by atoms with E-state index in [9.17, 15) is 44.2 Å². The summed E-state index contributed by atoms with van der Waals surface area (Å²) in [5.74, 6) is -0.692. The van der Waals surface area contributed by atoms with E-state index in [1.165, 1.54) is 33.4 Å². The number of hydrogen-bond acceptors (Lipinski definition) is 18. The molecule has 20 nitrogen and oxygen atoms in total. The second-order valence-corrected chi connectivity index (χ2v) is 42.5. The maximum Gasteiger partial charge on any atom is 0.330 e. The van der Waals surface area contributed by atoms with Gasteiger partial charge in [0.1, 0.15) is 0 Å². The van der Waals surface area contributed by atoms with Crippen LogP contribution in [0.5, 0.6) is 0 Å². The summed E-state index contributed by atoms with van der Waals surface area (Å²) < 4.78 is 19.3. The summed E-state index contributed by atoms with van der Waals surface area (Å²) in [6, 6.07) is 63.4. The number of nitrogens with zero attached hydrogens (tertiary/aromatic N) is 3. The number of non-ortho nitro benzene ring substituents is 1. The Hall–Kier alpha value is -11.2. The van der Waals surface area contributed by atoms with Crippen LogP contribution in [0.2, 0.25) is 0 Å². The molecule has 1 aliphatic heterocycles. The lowest BCUT2D eigenvalue weighted by atomic mass is 9.86. The number of ether oxygens (including phenoxy) is 4. The van der Waals surface area contributed by atoms with Gasteiger partial charge in [-0.15, -0.1) is 0 Å². The topological polar surface area (TPSA) is 288 Å². The number of para-hydroxylation sites is 2. The molecule has 0 aliphatic carbocycles. The number of ketones is 1. The second-order valence-electron chi connectivity index (χ2n) is 42.5. The molecule has 8 aromatic carbocycles. The predicted octanol–water partition coefficient (Wildman–Crippen LogP) is 27.0. The third-order valence-electron chi connectivity index (χ3n) is 18.6. The van der Waals surface area contributed by atoms with Gasteiger partial charge in [0, 0.05) is 96.4 Å². The fourth-order valence-corrected chi connectivity index (χ4v) is 13.4. The smallest absolute Gasteiger partial charge is 0.330 e. The molecule has 0 unspecified atom stereocenters. The van der Waals surface area contributed by atoms with E-state index in [1.807, 2.05) is 72.5 Å². The molecule has 0 radical (unpaired) electrons. The highest BCUT2D eigenvalue weighted by atomic mass is 16.6. The van der Waals surface area contributed by atoms with Crippen LogP contribution in [0.3, 0.4) is 0 Å². The van der Waals surface area contributed by atoms with Crippen LogP contribution in [0.4, 0.5) is 39.8 Å². The highest BCUT2D eigenvalue weighted by Crippen LogP contribution is 2.32. The SMILES string of the molecule is C=CC(=O)OCC.CC(C)(C)Cc1ccc(N)cc1.CC(C)(C)Cc1ccc([N+](=O)[O-])cc1.CC(C)(C)Cc1ccc2c(c1)C(=O)CCN2.CC(C)(C)Cc1ccccc1.CC(C)(C)Cc1ccccc1N.CC(C)(C)Cc1ccccc1[N+](=O)[O-].CCOC(=O)CCN(CCC(=O)OCC)c1ccc(CC(C)(C)C)cc1.CCOC(=O)CCNc1ccc(CC(C)(C)C)cc1. The highest BCUT2D eigenvalue weighted by Gasteiger charge is 2.23. The monoisotopic (exact) mass is 1800 g/mol. The number of nitro groups is 2. The lowest BCUT2D eigenvalue weighted by molar-refractivity contribution is -0.385. The standard InChI is InChI=1S/C21H33NO4.C16H25NO2.C14H19NO.2C11H15NO2.2C11H17N.C11H16.C5H8O2/c1-6-25-19(23)12-14-22(15-13-20(24)26-7-2)18-10-8-17(9-11-18)16-21(3,4)5;1-5-19-15(18)10-11-17-14-8-6-13(7-9-14)12-16(2,3)4;1-14(2,3)9-10-4-5-12-11(8-10)13(16)6-7-15-12;1-11(2,3)8-9-4-6-10(7-5-9)12(13)14;1-11(2,3)8-9-6-4-5-7-10(9)12(13)14;1-11(2,3)8-9-4-6-10(12)7-5-9;1-11(2,3)8-9-6-4-5-7-10(9)12;1-11(2,3)9-10-7-5-4-6-8-10;1-3-5(6)7-4-2/h8-11H,6-7,12-16H2,1-5H3;6-9,17H,5,10-12H2,1-4H3;4-5,8,15H,6-7,9H2,1-3H3;2*4-7H,8H2,1-3H3;2*4-7H,8,12H2,1-3H3;4-8H,9H2,1-3H3;3H,1,4H2,2H3. The molecule has 0 amide bonds. The van der Waals surface area contributed by atoms with Gasteiger partial charge in [0.2, 0.25) is 0 Å². The molecular weight excluding hydrogens is 1640 g/mol. The van der Waals surface area contributed by atoms with E-state index in [1.54, 1.807) is 45.0 Å². The lowest BCUT2D eigenvalue weighted by Gasteiger charge is -2.25. The van der Waals surface area contributed by atoms with Crippen molar-refractivity contribution < 1.29 is 52.8 Å². The molecule has 1 aliphatic rings. The minimum Gasteiger partial charge on any atom is -0.466 e. The van der Waals surface area contributed by atoms with Crippen LogP contribution in [0, 0.1) is 63.5 Å². The van der Waals surface area contributed by atoms with E-state index < -0.39 is 0 Å². The average molecular weight is 1810 g/mol. The van der Waals surface area contributed by atoms with Crippen LogP contribution in [0.15, 0.2) is 207 Å². The van der Waals surface area contributed by atoms with Gasteiger partial charge in [-0.2, -0.15) is 0 Å². The Morgan fingerprint density at radius 2 is 0.771 bits per heavy atom. The molecule has 0 bridgehead atoms. The maximum absolute atomic E-state index is 11.8. The van der Waals surface area contributed by atoms with Crippen molar-refractivity contribution in [2.75, 3.05) is 79.6 Å². The summed E-state index contributed by atoms with van der Waals surface area (Å²) in [5.41, 5.74) is 29.5. The van der Waals surface area contributed by atoms with Crippen LogP contribution < -0.4 is 27.0 Å². The maximum atomic E-state index is 11.8. The van der Waals surface area contributed by atoms with Crippen LogP contribution in [0.1, 0.15) is 274 Å². The van der Waals surface area contributed by atoms with Crippen molar-refractivity contribution in [3.63, 3.8) is 0 Å². The van der Waals surface area contributed by atoms with E-state index in [2.05, 4.69) is 297 Å². The van der Waals surface area contributed by atoms with E-state index in [-0.39, 0.29) is 72.5 Å². The fraction of sp³-hybridized carbons (Fsp3) is 0.505. The number of hydrogen-bond donors (Lipinski definition) is 4. The number of Topliss-reactive ketones (excluding diaryl/α,β-unsaturated/α-hetero) is 1. The number of nitrogens with one attached hydrogen (secondary N) is 2. The molecule has 0 atom stereocenters. The number of anilines is 5. The third-order valence-corrected chi connectivity index (χ3v) is 18.6. The number of nitro benzene ring substituents is 2. The molecular formula is C111H165N7O13. The van der Waals surface area contributed by atoms with Crippen LogP contribution in [0.25, 0.3) is 0 Å². The van der Waals surface area contributed by atoms with Crippen molar-refractivity contribution in [1.82, 2.24) is 0 Å². The normalized spacial score (nSPS) is 11.6. The van der Waals surface area contributed by atoms with Gasteiger partial charge in [0.05, 0.1) is 55.5 Å². The Labute approximate surface area is 788 Å². The summed E-state index contributed by atoms with van der Waals surface area (Å²) in [4.78, 5) is 78.9. The van der Waals surface area contributed by atoms with Gasteiger partial charge in [-0.25, -0.2) is 4.79 Å². The summed E-state index contributed by atoms with van der Waals surface area (Å²) in [6.45, 7) is 67.2. The summed E-state index contributed by atoms with van der Waals surface area (Å²) >= 11 is 0. The van der Waals surface area contributed by atoms with Crippen LogP contribution in [-0.4, -0.2) is 92.1 Å². The van der Waals surface area contributed by atoms with Gasteiger partial charge in [0.15, 0.2) is 5.78 Å². The molecule has 0 saturated heterocycles. The van der Waals surface area contributed by atoms with Gasteiger partial charge < -0.3 is 45.9 Å². The fourth-order valence-electron chi connectivity index (χ4n) is 13.4. The third kappa shape index (κ3) is 60.4. The summed E-state index contributed by atoms with van der Waals surface area (Å²) in [6.07, 6.45) is 10.8. The van der Waals surface area contributed by atoms with Crippen molar-refractivity contribution in [3.8, 4) is 0 Å². The quantitative estimate of drug-likeness (QED) is 0.00978. The predicted molar refractivity (Wildman–Crippen MR) is 548 cm³/mol. The van der Waals surface area contributed by atoms with Gasteiger partial charge in [0.25, 0.3) is 11.4 Å². The van der Waals surface area contributed by atoms with Crippen LogP contribution >= 0.6 is 0 Å². The number of fused-ring (bicyclic) bond motifs is 1. The molecule has 722 valence electrons. The number of nitrogens with two attached hydrogens (primary N) is 2. The van der Waals surface area contributed by atoms with E-state index in [0.717, 1.165) is 109 Å². The molecule has 8 aromatic rings. The number of carbonyl (C=O) groups is 5. The highest BCUT2D eigenvalue weighted by molar-refractivity contribution is 6.03. The minimum atomic E-state index is -0.374. The van der Waals surface area contributed by atoms with E-state index in [0.29, 0.717) is 93.4 Å². The van der Waals surface area contributed by atoms with Gasteiger partial charge in [-0.05, 0) is 216 Å². The minimum absolute atomic E-state index is 0.0755. The number of nitrogen functional groups attached to an aromatic ring is 2. The first-order valence-electron chi connectivity index (χ1n) is 46.2. The first-order chi connectivity index (χ1) is 60.7. The zero-order valence-electron chi connectivity index (χ0n) is 85.2. The summed E-state index contributed by atoms with van der Waals surface area (Å²) in [5, 5.41) is 27.6. The molecule has 0 fully saturated rings. The lowest BCUT2D eigenvalue weighted by Crippen LogP contribution is -2.29. The summed E-state index contributed by atoms with van der Waals surface area (Å²) in [7, 11) is 0. The van der Waals surface area contributed by atoms with Crippen LogP contribution in [-0.2, 0) is 89.5 Å². The Morgan fingerprint density at radius 3 is 1.16 bits per heavy atom. The zero-order valence-corrected chi connectivity index (χ0v) is 85.2. The molecule has 1 heterocycles. The molecule has 6 N–H and O–H groups in total. The number of benzene rings is 8. The first-order valence-corrected chi connectivity index (χ1v) is 46.2. The first kappa shape index (κ1) is 118. The van der Waals surface area contributed by atoms with Gasteiger partial charge in [-0.1, -0.05) is 294 Å². The molecule has 131 heavy (non-hydrogen) atoms. The molecule has 9 rings (SSSR count). The van der Waals surface area contributed by atoms with E-state index >= 15 is 0 Å². The average Bonchev–Trinajstić information content (AvgIpc) is 1.65. The second kappa shape index (κ2) is 58.6. The largest absolute Gasteiger partial charge is 0.466 e. The Kier molecular flexibility index (Phi) is 52.7. The molecule has 0 spiro atoms. The molecule has 0 saturated carbocycles. The number of rotatable bonds is 26. The van der Waals surface area contributed by atoms with Crippen molar-refractivity contribution in [2.45, 2.75) is 271 Å². The number of esters is 4. The Balaban J connectivity index is 0.000000751. The van der Waals surface area contributed by atoms with Crippen molar-refractivity contribution in [3.05, 3.63) is 277 Å². The Bertz CT molecular complexity index is 4620. The number of carbonyl (C=O) groups excluding carboxylic acids is 5. The van der Waals surface area contributed by atoms with E-state index in [4.69, 9.17) is 25.7 Å². The van der Waals surface area contributed by atoms with Crippen molar-refractivity contribution in [1.29, 1.82) is 0 Å². The molecule has 0 aromatic heterocycles. The van der Waals surface area contributed by atoms with Crippen molar-refractivity contribution in [2.24, 2.45) is 43.3 Å². The zero-order chi connectivity index (χ0) is 99.6.